The Balaban J connectivity index is 2.24. The van der Waals surface area contributed by atoms with Gasteiger partial charge in [0.1, 0.15) is 5.88 Å². The van der Waals surface area contributed by atoms with E-state index < -0.39 is 0 Å². The van der Waals surface area contributed by atoms with E-state index in [2.05, 4.69) is 5.32 Å². The van der Waals surface area contributed by atoms with Crippen molar-refractivity contribution in [3.63, 3.8) is 0 Å². The highest BCUT2D eigenvalue weighted by molar-refractivity contribution is 6.27. The van der Waals surface area contributed by atoms with Crippen LogP contribution in [0, 0.1) is 0 Å². The number of nitrogens with one attached hydrogen (secondary N) is 1. The van der Waals surface area contributed by atoms with Crippen molar-refractivity contribution < 1.29 is 14.3 Å². The summed E-state index contributed by atoms with van der Waals surface area (Å²) in [5.74, 6) is -0.202. The summed E-state index contributed by atoms with van der Waals surface area (Å²) in [6, 6.07) is -0.0567. The molecule has 70 valence electrons. The summed E-state index contributed by atoms with van der Waals surface area (Å²) < 4.78 is 10.3. The van der Waals surface area contributed by atoms with Gasteiger partial charge in [0.2, 0.25) is 5.91 Å². The van der Waals surface area contributed by atoms with Gasteiger partial charge in [-0.1, -0.05) is 0 Å². The van der Waals surface area contributed by atoms with Crippen molar-refractivity contribution in [2.45, 2.75) is 6.04 Å². The second-order valence-electron chi connectivity index (χ2n) is 2.55. The van der Waals surface area contributed by atoms with Crippen LogP contribution >= 0.6 is 11.6 Å². The summed E-state index contributed by atoms with van der Waals surface area (Å²) in [4.78, 5) is 10.8. The maximum absolute atomic E-state index is 10.8. The molecule has 12 heavy (non-hydrogen) atoms. The van der Waals surface area contributed by atoms with Crippen LogP contribution in [0.1, 0.15) is 0 Å². The maximum Gasteiger partial charge on any atom is 0.235 e. The molecule has 4 nitrogen and oxygen atoms in total. The van der Waals surface area contributed by atoms with E-state index in [4.69, 9.17) is 21.1 Å². The average Bonchev–Trinajstić information content (AvgIpc) is 2.33. The van der Waals surface area contributed by atoms with Crippen molar-refractivity contribution in [1.29, 1.82) is 0 Å². The first-order valence-electron chi connectivity index (χ1n) is 3.83. The quantitative estimate of drug-likeness (QED) is 0.616. The Hall–Kier alpha value is -0.320. The third kappa shape index (κ3) is 3.38. The highest BCUT2D eigenvalue weighted by atomic mass is 35.5. The Kier molecular flexibility index (Phi) is 4.35. The van der Waals surface area contributed by atoms with E-state index >= 15 is 0 Å². The van der Waals surface area contributed by atoms with Gasteiger partial charge in [0.25, 0.3) is 0 Å². The van der Waals surface area contributed by atoms with Crippen molar-refractivity contribution >= 4 is 17.5 Å². The number of hydrogen-bond acceptors (Lipinski definition) is 3. The molecule has 1 saturated heterocycles. The first-order valence-corrected chi connectivity index (χ1v) is 4.37. The normalized spacial score (nSPS) is 20.1. The Morgan fingerprint density at radius 1 is 1.42 bits per heavy atom. The summed E-state index contributed by atoms with van der Waals surface area (Å²) in [7, 11) is 0. The lowest BCUT2D eigenvalue weighted by Gasteiger charge is -2.13. The molecule has 0 aromatic rings. The summed E-state index contributed by atoms with van der Waals surface area (Å²) >= 11 is 5.32. The zero-order valence-corrected chi connectivity index (χ0v) is 7.47. The molecule has 1 rings (SSSR count). The molecule has 1 amide bonds. The monoisotopic (exact) mass is 193 g/mol. The molecule has 0 radical (unpaired) electrons. The van der Waals surface area contributed by atoms with Crippen LogP contribution in [-0.2, 0) is 14.3 Å². The van der Waals surface area contributed by atoms with Crippen LogP contribution in [0.4, 0.5) is 0 Å². The van der Waals surface area contributed by atoms with Crippen molar-refractivity contribution in [3.8, 4) is 0 Å². The third-order valence-electron chi connectivity index (χ3n) is 1.50. The number of alkyl halides is 1. The lowest BCUT2D eigenvalue weighted by atomic mass is 10.3. The van der Waals surface area contributed by atoms with Gasteiger partial charge >= 0.3 is 0 Å². The number of halogens is 1. The Bertz CT molecular complexity index is 146. The second kappa shape index (κ2) is 5.35. The summed E-state index contributed by atoms with van der Waals surface area (Å²) in [5.41, 5.74) is 0. The molecular formula is C7H12ClNO3. The Labute approximate surface area is 76.2 Å². The van der Waals surface area contributed by atoms with Crippen LogP contribution in [-0.4, -0.2) is 44.3 Å². The van der Waals surface area contributed by atoms with Crippen molar-refractivity contribution in [3.05, 3.63) is 0 Å². The summed E-state index contributed by atoms with van der Waals surface area (Å²) in [6.07, 6.45) is 0. The lowest BCUT2D eigenvalue weighted by Crippen LogP contribution is -2.41. The minimum atomic E-state index is -0.184. The Morgan fingerprint density at radius 2 is 2.00 bits per heavy atom. The molecule has 0 spiro atoms. The van der Waals surface area contributed by atoms with Gasteiger partial charge in [0, 0.05) is 0 Å². The SMILES string of the molecule is O=C(CCl)NC1COCCOC1. The molecule has 1 aliphatic rings. The predicted molar refractivity (Wildman–Crippen MR) is 44.3 cm³/mol. The molecule has 1 heterocycles. The zero-order valence-electron chi connectivity index (χ0n) is 6.72. The first kappa shape index (κ1) is 9.77. The highest BCUT2D eigenvalue weighted by Gasteiger charge is 2.14. The minimum absolute atomic E-state index is 0.0174. The molecule has 1 fully saturated rings. The van der Waals surface area contributed by atoms with Crippen molar-refractivity contribution in [1.82, 2.24) is 5.32 Å². The van der Waals surface area contributed by atoms with Crippen LogP contribution < -0.4 is 5.32 Å². The van der Waals surface area contributed by atoms with Crippen LogP contribution in [0.5, 0.6) is 0 Å². The van der Waals surface area contributed by atoms with Crippen LogP contribution in [0.3, 0.4) is 0 Å². The molecule has 1 N–H and O–H groups in total. The molecule has 0 aromatic carbocycles. The van der Waals surface area contributed by atoms with Crippen molar-refractivity contribution in [2.75, 3.05) is 32.3 Å². The zero-order chi connectivity index (χ0) is 8.81. The number of carbonyl (C=O) groups excluding carboxylic acids is 1. The van der Waals surface area contributed by atoms with E-state index in [9.17, 15) is 4.79 Å². The fourth-order valence-corrected chi connectivity index (χ4v) is 1.04. The van der Waals surface area contributed by atoms with Crippen molar-refractivity contribution in [2.24, 2.45) is 0 Å². The molecule has 0 aliphatic carbocycles. The molecule has 0 atom stereocenters. The average molecular weight is 194 g/mol. The predicted octanol–water partition coefficient (Wildman–Crippen LogP) is -0.243. The second-order valence-corrected chi connectivity index (χ2v) is 2.82. The number of amides is 1. The smallest absolute Gasteiger partial charge is 0.235 e. The van der Waals surface area contributed by atoms with E-state index in [-0.39, 0.29) is 17.8 Å². The van der Waals surface area contributed by atoms with Gasteiger partial charge in [-0.2, -0.15) is 0 Å². The first-order chi connectivity index (χ1) is 5.83. The Morgan fingerprint density at radius 3 is 2.50 bits per heavy atom. The molecule has 1 aliphatic heterocycles. The van der Waals surface area contributed by atoms with E-state index in [1.807, 2.05) is 0 Å². The van der Waals surface area contributed by atoms with Gasteiger partial charge < -0.3 is 14.8 Å². The third-order valence-corrected chi connectivity index (χ3v) is 1.74. The standard InChI is InChI=1S/C7H12ClNO3/c8-3-7(10)9-6-4-11-1-2-12-5-6/h6H,1-5H2,(H,9,10). The molecule has 0 aromatic heterocycles. The van der Waals surface area contributed by atoms with Gasteiger partial charge in [0.15, 0.2) is 0 Å². The maximum atomic E-state index is 10.8. The molecule has 5 heteroatoms. The largest absolute Gasteiger partial charge is 0.377 e. The number of hydrogen-bond donors (Lipinski definition) is 1. The van der Waals surface area contributed by atoms with E-state index in [0.717, 1.165) is 0 Å². The summed E-state index contributed by atoms with van der Waals surface area (Å²) in [6.45, 7) is 2.19. The molecule has 0 saturated carbocycles. The van der Waals surface area contributed by atoms with Crippen LogP contribution in [0.2, 0.25) is 0 Å². The van der Waals surface area contributed by atoms with E-state index in [1.54, 1.807) is 0 Å². The molecular weight excluding hydrogens is 182 g/mol. The van der Waals surface area contributed by atoms with Gasteiger partial charge in [-0.15, -0.1) is 11.6 Å². The highest BCUT2D eigenvalue weighted by Crippen LogP contribution is 1.94. The van der Waals surface area contributed by atoms with Crippen LogP contribution in [0.15, 0.2) is 0 Å². The number of rotatable bonds is 2. The van der Waals surface area contributed by atoms with E-state index in [1.165, 1.54) is 0 Å². The minimum Gasteiger partial charge on any atom is -0.377 e. The molecule has 0 unspecified atom stereocenters. The van der Waals surface area contributed by atoms with E-state index in [0.29, 0.717) is 26.4 Å². The van der Waals surface area contributed by atoms with Gasteiger partial charge in [-0.25, -0.2) is 0 Å². The lowest BCUT2D eigenvalue weighted by molar-refractivity contribution is -0.119. The van der Waals surface area contributed by atoms with Gasteiger partial charge in [-0.05, 0) is 0 Å². The fourth-order valence-electron chi connectivity index (χ4n) is 0.967. The number of carbonyl (C=O) groups is 1. The summed E-state index contributed by atoms with van der Waals surface area (Å²) in [5, 5.41) is 2.69. The number of ether oxygens (including phenoxy) is 2. The fraction of sp³-hybridized carbons (Fsp3) is 0.857. The van der Waals surface area contributed by atoms with Crippen LogP contribution in [0.25, 0.3) is 0 Å². The van der Waals surface area contributed by atoms with Gasteiger partial charge in [-0.3, -0.25) is 4.79 Å². The van der Waals surface area contributed by atoms with Gasteiger partial charge in [0.05, 0.1) is 32.5 Å². The molecule has 0 bridgehead atoms. The topological polar surface area (TPSA) is 47.6 Å².